The molecule has 2 heterocycles. The number of alkyl halides is 3. The van der Waals surface area contributed by atoms with Gasteiger partial charge in [0, 0.05) is 5.56 Å². The molecule has 21 heavy (non-hydrogen) atoms. The largest absolute Gasteiger partial charge is 0.454 e. The molecule has 0 aromatic heterocycles. The number of carbonyl (C=O) groups is 1. The lowest BCUT2D eigenvalue weighted by molar-refractivity contribution is -0.0884. The van der Waals surface area contributed by atoms with Gasteiger partial charge in [-0.05, 0) is 34.4 Å². The van der Waals surface area contributed by atoms with Crippen molar-refractivity contribution in [2.24, 2.45) is 0 Å². The van der Waals surface area contributed by atoms with Crippen LogP contribution in [0.5, 0.6) is 0 Å². The van der Waals surface area contributed by atoms with Crippen LogP contribution in [-0.2, 0) is 4.74 Å². The summed E-state index contributed by atoms with van der Waals surface area (Å²) < 4.78 is 43.6. The molecular formula is C16H9F3O2. The predicted octanol–water partition coefficient (Wildman–Crippen LogP) is 4.22. The van der Waals surface area contributed by atoms with Crippen LogP contribution in [-0.4, -0.2) is 12.0 Å². The van der Waals surface area contributed by atoms with Gasteiger partial charge in [0.2, 0.25) is 0 Å². The first-order valence-electron chi connectivity index (χ1n) is 6.47. The quantitative estimate of drug-likeness (QED) is 0.580. The van der Waals surface area contributed by atoms with Crippen molar-refractivity contribution in [3.8, 4) is 11.1 Å². The van der Waals surface area contributed by atoms with Crippen molar-refractivity contribution in [3.63, 3.8) is 0 Å². The van der Waals surface area contributed by atoms with E-state index in [4.69, 9.17) is 4.74 Å². The maximum atomic E-state index is 12.6. The zero-order valence-corrected chi connectivity index (χ0v) is 10.6. The topological polar surface area (TPSA) is 26.3 Å². The highest BCUT2D eigenvalue weighted by Gasteiger charge is 2.41. The van der Waals surface area contributed by atoms with E-state index >= 15 is 0 Å². The summed E-state index contributed by atoms with van der Waals surface area (Å²) >= 11 is 0. The van der Waals surface area contributed by atoms with Crippen LogP contribution >= 0.6 is 0 Å². The van der Waals surface area contributed by atoms with Crippen molar-refractivity contribution in [2.45, 2.75) is 18.4 Å². The van der Waals surface area contributed by atoms with E-state index in [1.54, 1.807) is 18.2 Å². The van der Waals surface area contributed by atoms with Gasteiger partial charge in [0.05, 0.1) is 0 Å². The number of ketones is 1. The van der Waals surface area contributed by atoms with Gasteiger partial charge in [-0.25, -0.2) is 0 Å². The van der Waals surface area contributed by atoms with E-state index in [0.29, 0.717) is 11.1 Å². The minimum Gasteiger partial charge on any atom is -0.357 e. The van der Waals surface area contributed by atoms with Crippen LogP contribution in [0.4, 0.5) is 13.2 Å². The molecule has 2 bridgehead atoms. The third-order valence-corrected chi connectivity index (χ3v) is 3.97. The number of carbonyl (C=O) groups excluding carboxylic acids is 1. The van der Waals surface area contributed by atoms with Gasteiger partial charge in [0.25, 0.3) is 5.78 Å². The summed E-state index contributed by atoms with van der Waals surface area (Å²) in [6, 6.07) is 7.91. The number of rotatable bonds is 1. The molecule has 0 N–H and O–H groups in total. The molecule has 106 valence electrons. The fourth-order valence-electron chi connectivity index (χ4n) is 3.00. The first-order valence-corrected chi connectivity index (χ1v) is 6.47. The second-order valence-electron chi connectivity index (χ2n) is 5.19. The minimum absolute atomic E-state index is 0.136. The smallest absolute Gasteiger partial charge is 0.357 e. The van der Waals surface area contributed by atoms with Gasteiger partial charge < -0.3 is 4.74 Å². The van der Waals surface area contributed by atoms with Crippen molar-refractivity contribution in [1.82, 2.24) is 0 Å². The van der Waals surface area contributed by atoms with E-state index in [9.17, 15) is 18.0 Å². The highest BCUT2D eigenvalue weighted by molar-refractivity contribution is 6.06. The molecular weight excluding hydrogens is 281 g/mol. The molecule has 0 radical (unpaired) electrons. The zero-order chi connectivity index (χ0) is 14.8. The van der Waals surface area contributed by atoms with Gasteiger partial charge >= 0.3 is 6.18 Å². The van der Waals surface area contributed by atoms with Gasteiger partial charge in [-0.1, -0.05) is 30.4 Å². The summed E-state index contributed by atoms with van der Waals surface area (Å²) in [5, 5.41) is 0. The zero-order valence-electron chi connectivity index (χ0n) is 10.6. The summed E-state index contributed by atoms with van der Waals surface area (Å²) in [4.78, 5) is 11.5. The standard InChI is InChI=1S/C16H9F3O2/c17-16(18,19)15(20)11-2-1-8-7-12-10(4-3-9(8)11)13-5-6-14(12)21-13/h1-7,13-14H. The monoisotopic (exact) mass is 290 g/mol. The van der Waals surface area contributed by atoms with Crippen LogP contribution in [0.3, 0.4) is 0 Å². The Bertz CT molecular complexity index is 761. The van der Waals surface area contributed by atoms with Gasteiger partial charge in [0.1, 0.15) is 12.2 Å². The van der Waals surface area contributed by atoms with Crippen molar-refractivity contribution in [3.05, 3.63) is 59.2 Å². The van der Waals surface area contributed by atoms with E-state index in [-0.39, 0.29) is 17.8 Å². The van der Waals surface area contributed by atoms with Crippen molar-refractivity contribution in [1.29, 1.82) is 0 Å². The van der Waals surface area contributed by atoms with E-state index in [1.807, 2.05) is 18.2 Å². The van der Waals surface area contributed by atoms with Gasteiger partial charge in [-0.15, -0.1) is 0 Å². The third kappa shape index (κ3) is 1.74. The number of fused-ring (bicyclic) bond motifs is 6. The van der Waals surface area contributed by atoms with E-state index in [2.05, 4.69) is 0 Å². The number of halogens is 3. The maximum absolute atomic E-state index is 12.6. The fraction of sp³-hybridized carbons (Fsp3) is 0.188. The Labute approximate surface area is 118 Å². The second kappa shape index (κ2) is 3.95. The molecule has 0 aromatic rings. The molecule has 4 aliphatic rings. The predicted molar refractivity (Wildman–Crippen MR) is 69.2 cm³/mol. The average Bonchev–Trinajstić information content (AvgIpc) is 3.08. The lowest BCUT2D eigenvalue weighted by Gasteiger charge is -2.05. The Balaban J connectivity index is 1.87. The molecule has 0 spiro atoms. The van der Waals surface area contributed by atoms with Crippen molar-refractivity contribution >= 4 is 5.78 Å². The number of ether oxygens (including phenoxy) is 1. The van der Waals surface area contributed by atoms with Crippen LogP contribution in [0, 0.1) is 0 Å². The fourth-order valence-corrected chi connectivity index (χ4v) is 3.00. The molecule has 0 fully saturated rings. The Hall–Kier alpha value is -2.14. The van der Waals surface area contributed by atoms with Crippen LogP contribution in [0.15, 0.2) is 42.5 Å². The molecule has 2 unspecified atom stereocenters. The highest BCUT2D eigenvalue weighted by Crippen LogP contribution is 2.47. The number of Topliss-reactive ketones (excluding diaryl/α,β-unsaturated/α-hetero) is 1. The first kappa shape index (κ1) is 12.6. The Morgan fingerprint density at radius 2 is 1.71 bits per heavy atom. The molecule has 4 rings (SSSR count). The highest BCUT2D eigenvalue weighted by atomic mass is 19.4. The first-order chi connectivity index (χ1) is 9.95. The maximum Gasteiger partial charge on any atom is 0.454 e. The van der Waals surface area contributed by atoms with Gasteiger partial charge in [-0.2, -0.15) is 13.2 Å². The van der Waals surface area contributed by atoms with Crippen molar-refractivity contribution < 1.29 is 22.7 Å². The lowest BCUT2D eigenvalue weighted by Crippen LogP contribution is -2.22. The van der Waals surface area contributed by atoms with Crippen LogP contribution < -0.4 is 0 Å². The molecule has 2 aliphatic carbocycles. The molecule has 2 aliphatic heterocycles. The Morgan fingerprint density at radius 1 is 1.00 bits per heavy atom. The lowest BCUT2D eigenvalue weighted by atomic mass is 9.99. The Morgan fingerprint density at radius 3 is 2.43 bits per heavy atom. The molecule has 2 nitrogen and oxygen atoms in total. The summed E-state index contributed by atoms with van der Waals surface area (Å²) in [6.45, 7) is 0. The van der Waals surface area contributed by atoms with Gasteiger partial charge in [-0.3, -0.25) is 4.79 Å². The van der Waals surface area contributed by atoms with E-state index < -0.39 is 12.0 Å². The molecule has 2 atom stereocenters. The van der Waals surface area contributed by atoms with E-state index in [1.165, 1.54) is 6.07 Å². The Kier molecular flexibility index (Phi) is 2.37. The SMILES string of the molecule is O=C(c1ccc2cc3c(ccc1-2)C1C=CC3O1)C(F)(F)F. The molecule has 0 amide bonds. The van der Waals surface area contributed by atoms with Crippen molar-refractivity contribution in [2.75, 3.05) is 0 Å². The van der Waals surface area contributed by atoms with Gasteiger partial charge in [0.15, 0.2) is 0 Å². The van der Waals surface area contributed by atoms with Crippen LogP contribution in [0.2, 0.25) is 0 Å². The molecule has 0 saturated carbocycles. The molecule has 5 heteroatoms. The average molecular weight is 290 g/mol. The van der Waals surface area contributed by atoms with Crippen LogP contribution in [0.1, 0.15) is 33.7 Å². The molecule has 0 aromatic carbocycles. The van der Waals surface area contributed by atoms with E-state index in [0.717, 1.165) is 11.1 Å². The summed E-state index contributed by atoms with van der Waals surface area (Å²) in [6.07, 6.45) is -1.27. The summed E-state index contributed by atoms with van der Waals surface area (Å²) in [7, 11) is 0. The summed E-state index contributed by atoms with van der Waals surface area (Å²) in [5.41, 5.74) is 2.55. The number of hydrogen-bond acceptors (Lipinski definition) is 2. The second-order valence-corrected chi connectivity index (χ2v) is 5.19. The number of hydrogen-bond donors (Lipinski definition) is 0. The normalized spacial score (nSPS) is 22.8. The summed E-state index contributed by atoms with van der Waals surface area (Å²) in [5.74, 6) is -1.80. The minimum atomic E-state index is -4.86. The third-order valence-electron chi connectivity index (χ3n) is 3.97. The molecule has 0 saturated heterocycles. The van der Waals surface area contributed by atoms with Crippen LogP contribution in [0.25, 0.3) is 11.1 Å².